The molecule has 0 saturated heterocycles. The van der Waals surface area contributed by atoms with Crippen molar-refractivity contribution in [1.82, 2.24) is 4.90 Å². The van der Waals surface area contributed by atoms with Crippen molar-refractivity contribution in [3.63, 3.8) is 0 Å². The lowest BCUT2D eigenvalue weighted by molar-refractivity contribution is -0.253. The monoisotopic (exact) mass is 293 g/mol. The minimum Gasteiger partial charge on any atom is -0.275 e. The van der Waals surface area contributed by atoms with Crippen molar-refractivity contribution in [2.24, 2.45) is 0 Å². The highest BCUT2D eigenvalue weighted by molar-refractivity contribution is 5.76. The van der Waals surface area contributed by atoms with Crippen LogP contribution in [0.4, 0.5) is 13.2 Å². The first-order chi connectivity index (χ1) is 9.46. The molecular weight excluding hydrogens is 267 g/mol. The van der Waals surface area contributed by atoms with E-state index in [1.165, 1.54) is 0 Å². The number of amides is 1. The second-order valence-electron chi connectivity index (χ2n) is 5.69. The van der Waals surface area contributed by atoms with Crippen LogP contribution in [-0.2, 0) is 4.79 Å². The van der Waals surface area contributed by atoms with Gasteiger partial charge in [-0.15, -0.1) is 13.2 Å². The fraction of sp³-hybridized carbons (Fsp3) is 0.933. The fourth-order valence-electron chi connectivity index (χ4n) is 2.89. The smallest absolute Gasteiger partial charge is 0.275 e. The second kappa shape index (κ2) is 8.53. The van der Waals surface area contributed by atoms with Gasteiger partial charge in [-0.25, -0.2) is 0 Å². The average molecular weight is 293 g/mol. The van der Waals surface area contributed by atoms with Crippen LogP contribution in [0.25, 0.3) is 0 Å². The molecule has 0 atom stereocenters. The summed E-state index contributed by atoms with van der Waals surface area (Å²) >= 11 is 0. The molecule has 0 aromatic carbocycles. The van der Waals surface area contributed by atoms with Crippen LogP contribution in [0.3, 0.4) is 0 Å². The van der Waals surface area contributed by atoms with E-state index in [1.807, 2.05) is 0 Å². The average Bonchev–Trinajstić information content (AvgIpc) is 2.38. The second-order valence-corrected chi connectivity index (χ2v) is 5.69. The highest BCUT2D eigenvalue weighted by Crippen LogP contribution is 2.32. The first-order valence-corrected chi connectivity index (χ1v) is 7.85. The summed E-state index contributed by atoms with van der Waals surface area (Å²) in [6.45, 7) is 2.08. The van der Waals surface area contributed by atoms with Gasteiger partial charge in [0.1, 0.15) is 0 Å². The molecule has 1 rings (SSSR count). The van der Waals surface area contributed by atoms with E-state index in [9.17, 15) is 18.0 Å². The van der Waals surface area contributed by atoms with Gasteiger partial charge in [0.05, 0.1) is 0 Å². The summed E-state index contributed by atoms with van der Waals surface area (Å²) in [5.74, 6) is -0.735. The van der Waals surface area contributed by atoms with Crippen molar-refractivity contribution in [3.05, 3.63) is 0 Å². The Morgan fingerprint density at radius 2 is 1.65 bits per heavy atom. The van der Waals surface area contributed by atoms with Crippen LogP contribution < -0.4 is 0 Å². The molecule has 118 valence electrons. The number of rotatable bonds is 7. The van der Waals surface area contributed by atoms with Gasteiger partial charge in [0, 0.05) is 12.5 Å². The van der Waals surface area contributed by atoms with Crippen LogP contribution in [0.2, 0.25) is 0 Å². The Kier molecular flexibility index (Phi) is 7.38. The predicted molar refractivity (Wildman–Crippen MR) is 73.2 cm³/mol. The summed E-state index contributed by atoms with van der Waals surface area (Å²) in [6.07, 6.45) is 3.62. The van der Waals surface area contributed by atoms with Crippen LogP contribution in [0.1, 0.15) is 77.6 Å². The summed E-state index contributed by atoms with van der Waals surface area (Å²) in [5.41, 5.74) is 0. The molecule has 1 saturated carbocycles. The van der Waals surface area contributed by atoms with E-state index >= 15 is 0 Å². The van der Waals surface area contributed by atoms with Crippen LogP contribution in [0.5, 0.6) is 0 Å². The molecular formula is C15H26F3NO. The maximum atomic E-state index is 13.1. The van der Waals surface area contributed by atoms with E-state index in [-0.39, 0.29) is 11.3 Å². The van der Waals surface area contributed by atoms with Gasteiger partial charge in [0.25, 0.3) is 0 Å². The van der Waals surface area contributed by atoms with Crippen molar-refractivity contribution in [2.45, 2.75) is 89.9 Å². The van der Waals surface area contributed by atoms with Gasteiger partial charge in [0.2, 0.25) is 5.91 Å². The van der Waals surface area contributed by atoms with Crippen molar-refractivity contribution >= 4 is 5.91 Å². The molecule has 1 fully saturated rings. The molecule has 0 aromatic heterocycles. The predicted octanol–water partition coefficient (Wildman–Crippen LogP) is 5.03. The number of alkyl halides is 3. The van der Waals surface area contributed by atoms with Gasteiger partial charge in [-0.3, -0.25) is 9.69 Å². The van der Waals surface area contributed by atoms with E-state index in [2.05, 4.69) is 6.92 Å². The van der Waals surface area contributed by atoms with Crippen molar-refractivity contribution < 1.29 is 18.0 Å². The molecule has 0 N–H and O–H groups in total. The third-order valence-corrected chi connectivity index (χ3v) is 3.98. The number of nitrogens with zero attached hydrogens (tertiary/aromatic N) is 1. The van der Waals surface area contributed by atoms with E-state index < -0.39 is 18.2 Å². The molecule has 20 heavy (non-hydrogen) atoms. The molecule has 2 nitrogen and oxygen atoms in total. The zero-order valence-electron chi connectivity index (χ0n) is 12.3. The normalized spacial score (nSPS) is 17.2. The number of hydrogen-bond acceptors (Lipinski definition) is 1. The van der Waals surface area contributed by atoms with Gasteiger partial charge >= 0.3 is 6.30 Å². The quantitative estimate of drug-likeness (QED) is 0.476. The molecule has 0 spiro atoms. The Labute approximate surface area is 119 Å². The summed E-state index contributed by atoms with van der Waals surface area (Å²) in [6, 6.07) is -0.633. The number of hydrogen-bond donors (Lipinski definition) is 0. The zero-order valence-corrected chi connectivity index (χ0v) is 12.3. The third kappa shape index (κ3) is 5.71. The minimum atomic E-state index is -4.53. The highest BCUT2D eigenvalue weighted by atomic mass is 19.4. The Hall–Kier alpha value is -0.740. The SMILES string of the molecule is CCCCCCCC(=O)N(C1CCCCC1)C(F)(F)F. The van der Waals surface area contributed by atoms with Crippen molar-refractivity contribution in [3.8, 4) is 0 Å². The molecule has 0 aliphatic heterocycles. The molecule has 1 amide bonds. The Morgan fingerprint density at radius 1 is 1.05 bits per heavy atom. The molecule has 0 bridgehead atoms. The van der Waals surface area contributed by atoms with Crippen molar-refractivity contribution in [2.75, 3.05) is 0 Å². The summed E-state index contributed by atoms with van der Waals surface area (Å²) in [7, 11) is 0. The molecule has 0 radical (unpaired) electrons. The first-order valence-electron chi connectivity index (χ1n) is 7.85. The van der Waals surface area contributed by atoms with E-state index in [4.69, 9.17) is 0 Å². The first kappa shape index (κ1) is 17.3. The van der Waals surface area contributed by atoms with Crippen LogP contribution in [0, 0.1) is 0 Å². The molecule has 1 aliphatic carbocycles. The number of carbonyl (C=O) groups excluding carboxylic acids is 1. The number of halogens is 3. The Bertz CT molecular complexity index is 285. The highest BCUT2D eigenvalue weighted by Gasteiger charge is 2.44. The van der Waals surface area contributed by atoms with E-state index in [1.54, 1.807) is 0 Å². The van der Waals surface area contributed by atoms with Crippen LogP contribution in [-0.4, -0.2) is 23.1 Å². The topological polar surface area (TPSA) is 20.3 Å². The summed E-state index contributed by atoms with van der Waals surface area (Å²) in [5, 5.41) is 0. The Morgan fingerprint density at radius 3 is 2.20 bits per heavy atom. The maximum Gasteiger partial charge on any atom is 0.487 e. The molecule has 1 aliphatic rings. The largest absolute Gasteiger partial charge is 0.487 e. The summed E-state index contributed by atoms with van der Waals surface area (Å²) < 4.78 is 39.3. The van der Waals surface area contributed by atoms with Crippen LogP contribution in [0.15, 0.2) is 0 Å². The lowest BCUT2D eigenvalue weighted by Gasteiger charge is -2.35. The maximum absolute atomic E-state index is 13.1. The van der Waals surface area contributed by atoms with E-state index in [0.29, 0.717) is 19.3 Å². The van der Waals surface area contributed by atoms with Gasteiger partial charge in [-0.1, -0.05) is 51.9 Å². The lowest BCUT2D eigenvalue weighted by Crippen LogP contribution is -2.50. The standard InChI is InChI=1S/C15H26F3NO/c1-2-3-4-5-9-12-14(20)19(15(16,17)18)13-10-7-6-8-11-13/h13H,2-12H2,1H3. The number of unbranched alkanes of at least 4 members (excludes halogenated alkanes) is 4. The Balaban J connectivity index is 2.48. The number of carbonyl (C=O) groups is 1. The van der Waals surface area contributed by atoms with Crippen LogP contribution >= 0.6 is 0 Å². The molecule has 0 aromatic rings. The van der Waals surface area contributed by atoms with Gasteiger partial charge in [0.15, 0.2) is 0 Å². The van der Waals surface area contributed by atoms with Crippen molar-refractivity contribution in [1.29, 1.82) is 0 Å². The van der Waals surface area contributed by atoms with Gasteiger partial charge in [-0.05, 0) is 19.3 Å². The lowest BCUT2D eigenvalue weighted by atomic mass is 9.94. The zero-order chi connectivity index (χ0) is 15.0. The molecule has 0 unspecified atom stereocenters. The fourth-order valence-corrected chi connectivity index (χ4v) is 2.89. The molecule has 0 heterocycles. The third-order valence-electron chi connectivity index (χ3n) is 3.98. The van der Waals surface area contributed by atoms with Gasteiger partial charge in [-0.2, -0.15) is 0 Å². The summed E-state index contributed by atoms with van der Waals surface area (Å²) in [4.78, 5) is 12.1. The minimum absolute atomic E-state index is 0.0275. The molecule has 5 heteroatoms. The van der Waals surface area contributed by atoms with Gasteiger partial charge < -0.3 is 0 Å². The van der Waals surface area contributed by atoms with E-state index in [0.717, 1.165) is 44.9 Å².